The van der Waals surface area contributed by atoms with Crippen LogP contribution >= 0.6 is 0 Å². The van der Waals surface area contributed by atoms with Gasteiger partial charge in [-0.05, 0) is 36.9 Å². The number of pyridine rings is 1. The maximum atomic E-state index is 5.62. The number of hydrogen-bond donors (Lipinski definition) is 0. The van der Waals surface area contributed by atoms with Crippen LogP contribution < -0.4 is 9.47 Å². The van der Waals surface area contributed by atoms with Crippen molar-refractivity contribution in [3.63, 3.8) is 0 Å². The topological polar surface area (TPSA) is 34.6 Å². The van der Waals surface area contributed by atoms with Crippen molar-refractivity contribution in [1.29, 1.82) is 0 Å². The van der Waals surface area contributed by atoms with Gasteiger partial charge in [0.25, 0.3) is 0 Å². The third-order valence-electron chi connectivity index (χ3n) is 3.53. The maximum absolute atomic E-state index is 5.62. The second kappa shape index (κ2) is 6.59. The zero-order valence-electron chi connectivity index (χ0n) is 12.3. The van der Waals surface area contributed by atoms with Crippen molar-refractivity contribution in [2.75, 3.05) is 26.8 Å². The smallest absolute Gasteiger partial charge is 0.161 e. The van der Waals surface area contributed by atoms with Gasteiger partial charge in [-0.3, -0.25) is 4.98 Å². The summed E-state index contributed by atoms with van der Waals surface area (Å²) in [6.45, 7) is 3.14. The molecule has 0 N–H and O–H groups in total. The summed E-state index contributed by atoms with van der Waals surface area (Å²) in [4.78, 5) is 6.64. The molecule has 1 aliphatic rings. The molecule has 4 nitrogen and oxygen atoms in total. The van der Waals surface area contributed by atoms with Crippen LogP contribution in [-0.2, 0) is 13.0 Å². The van der Waals surface area contributed by atoms with E-state index in [-0.39, 0.29) is 0 Å². The normalized spacial score (nSPS) is 13.4. The Balaban J connectivity index is 1.56. The Kier molecular flexibility index (Phi) is 4.36. The highest BCUT2D eigenvalue weighted by atomic mass is 16.6. The van der Waals surface area contributed by atoms with Crippen molar-refractivity contribution in [3.8, 4) is 11.5 Å². The van der Waals surface area contributed by atoms with E-state index in [0.717, 1.165) is 36.7 Å². The van der Waals surface area contributed by atoms with Crippen LogP contribution in [0.25, 0.3) is 0 Å². The van der Waals surface area contributed by atoms with Crippen molar-refractivity contribution in [1.82, 2.24) is 9.88 Å². The van der Waals surface area contributed by atoms with E-state index in [1.807, 2.05) is 24.4 Å². The minimum absolute atomic E-state index is 0.631. The van der Waals surface area contributed by atoms with Crippen LogP contribution in [0.4, 0.5) is 0 Å². The molecule has 2 aromatic rings. The van der Waals surface area contributed by atoms with Crippen molar-refractivity contribution in [3.05, 3.63) is 53.9 Å². The third-order valence-corrected chi connectivity index (χ3v) is 3.53. The first-order chi connectivity index (χ1) is 10.3. The fourth-order valence-electron chi connectivity index (χ4n) is 2.43. The summed E-state index contributed by atoms with van der Waals surface area (Å²) < 4.78 is 11.2. The minimum atomic E-state index is 0.631. The predicted octanol–water partition coefficient (Wildman–Crippen LogP) is 2.53. The number of hydrogen-bond acceptors (Lipinski definition) is 4. The Bertz CT molecular complexity index is 587. The molecular formula is C17H20N2O2. The summed E-state index contributed by atoms with van der Waals surface area (Å²) in [6.07, 6.45) is 2.80. The highest BCUT2D eigenvalue weighted by molar-refractivity contribution is 5.43. The number of ether oxygens (including phenoxy) is 2. The number of nitrogens with zero attached hydrogens (tertiary/aromatic N) is 2. The highest BCUT2D eigenvalue weighted by Crippen LogP contribution is 2.30. The van der Waals surface area contributed by atoms with E-state index in [0.29, 0.717) is 13.2 Å². The van der Waals surface area contributed by atoms with Crippen LogP contribution in [0.3, 0.4) is 0 Å². The van der Waals surface area contributed by atoms with Gasteiger partial charge in [0.05, 0.1) is 0 Å². The summed E-state index contributed by atoms with van der Waals surface area (Å²) in [6, 6.07) is 12.2. The van der Waals surface area contributed by atoms with Crippen molar-refractivity contribution < 1.29 is 9.47 Å². The Labute approximate surface area is 125 Å². The van der Waals surface area contributed by atoms with Crippen LogP contribution in [0.5, 0.6) is 11.5 Å². The first-order valence-corrected chi connectivity index (χ1v) is 7.28. The molecular weight excluding hydrogens is 264 g/mol. The van der Waals surface area contributed by atoms with E-state index in [9.17, 15) is 0 Å². The standard InChI is InChI=1S/C17H20N2O2/c1-19(9-7-15-4-2-3-8-18-15)13-14-5-6-16-17(12-14)21-11-10-20-16/h2-6,8,12H,7,9-11,13H2,1H3. The Morgan fingerprint density at radius 3 is 2.76 bits per heavy atom. The first kappa shape index (κ1) is 13.9. The van der Waals surface area contributed by atoms with E-state index < -0.39 is 0 Å². The molecule has 0 saturated heterocycles. The van der Waals surface area contributed by atoms with Gasteiger partial charge in [-0.2, -0.15) is 0 Å². The van der Waals surface area contributed by atoms with Gasteiger partial charge < -0.3 is 14.4 Å². The fourth-order valence-corrected chi connectivity index (χ4v) is 2.43. The molecule has 21 heavy (non-hydrogen) atoms. The molecule has 1 aromatic carbocycles. The lowest BCUT2D eigenvalue weighted by Crippen LogP contribution is -2.21. The first-order valence-electron chi connectivity index (χ1n) is 7.28. The second-order valence-corrected chi connectivity index (χ2v) is 5.29. The third kappa shape index (κ3) is 3.73. The van der Waals surface area contributed by atoms with Crippen LogP contribution in [0.2, 0.25) is 0 Å². The largest absolute Gasteiger partial charge is 0.486 e. The van der Waals surface area contributed by atoms with Crippen LogP contribution in [-0.4, -0.2) is 36.7 Å². The van der Waals surface area contributed by atoms with Gasteiger partial charge in [-0.25, -0.2) is 0 Å². The molecule has 4 heteroatoms. The molecule has 110 valence electrons. The average Bonchev–Trinajstić information content (AvgIpc) is 2.54. The monoisotopic (exact) mass is 284 g/mol. The summed E-state index contributed by atoms with van der Waals surface area (Å²) in [5.74, 6) is 1.71. The van der Waals surface area contributed by atoms with Crippen LogP contribution in [0.1, 0.15) is 11.3 Å². The lowest BCUT2D eigenvalue weighted by Gasteiger charge is -2.21. The molecule has 0 atom stereocenters. The van der Waals surface area contributed by atoms with Crippen molar-refractivity contribution in [2.45, 2.75) is 13.0 Å². The Hall–Kier alpha value is -2.07. The van der Waals surface area contributed by atoms with E-state index in [2.05, 4.69) is 35.1 Å². The van der Waals surface area contributed by atoms with Crippen molar-refractivity contribution in [2.24, 2.45) is 0 Å². The molecule has 0 spiro atoms. The molecule has 0 saturated carbocycles. The lowest BCUT2D eigenvalue weighted by atomic mass is 10.1. The minimum Gasteiger partial charge on any atom is -0.486 e. The van der Waals surface area contributed by atoms with E-state index >= 15 is 0 Å². The lowest BCUT2D eigenvalue weighted by molar-refractivity contribution is 0.171. The number of benzene rings is 1. The molecule has 0 fully saturated rings. The SMILES string of the molecule is CN(CCc1ccccn1)Cc1ccc2c(c1)OCCO2. The number of rotatable bonds is 5. The van der Waals surface area contributed by atoms with E-state index in [1.54, 1.807) is 0 Å². The summed E-state index contributed by atoms with van der Waals surface area (Å²) in [5.41, 5.74) is 2.37. The Morgan fingerprint density at radius 1 is 1.10 bits per heavy atom. The quantitative estimate of drug-likeness (QED) is 0.845. The maximum Gasteiger partial charge on any atom is 0.161 e. The molecule has 0 amide bonds. The molecule has 3 rings (SSSR count). The second-order valence-electron chi connectivity index (χ2n) is 5.29. The fraction of sp³-hybridized carbons (Fsp3) is 0.353. The summed E-state index contributed by atoms with van der Waals surface area (Å²) in [5, 5.41) is 0. The van der Waals surface area contributed by atoms with Gasteiger partial charge in [0.2, 0.25) is 0 Å². The van der Waals surface area contributed by atoms with Gasteiger partial charge in [0, 0.05) is 31.4 Å². The summed E-state index contributed by atoms with van der Waals surface area (Å²) in [7, 11) is 2.12. The van der Waals surface area contributed by atoms with Crippen molar-refractivity contribution >= 4 is 0 Å². The number of aromatic nitrogens is 1. The zero-order valence-corrected chi connectivity index (χ0v) is 12.3. The molecule has 1 aromatic heterocycles. The zero-order chi connectivity index (χ0) is 14.5. The molecule has 0 aliphatic carbocycles. The van der Waals surface area contributed by atoms with Crippen LogP contribution in [0, 0.1) is 0 Å². The molecule has 0 radical (unpaired) electrons. The van der Waals surface area contributed by atoms with E-state index in [1.165, 1.54) is 5.56 Å². The number of likely N-dealkylation sites (N-methyl/N-ethyl adjacent to an activating group) is 1. The molecule has 0 unspecified atom stereocenters. The molecule has 2 heterocycles. The van der Waals surface area contributed by atoms with Crippen LogP contribution in [0.15, 0.2) is 42.6 Å². The molecule has 0 bridgehead atoms. The van der Waals surface area contributed by atoms with Gasteiger partial charge in [-0.1, -0.05) is 12.1 Å². The predicted molar refractivity (Wildman–Crippen MR) is 81.7 cm³/mol. The van der Waals surface area contributed by atoms with E-state index in [4.69, 9.17) is 9.47 Å². The summed E-state index contributed by atoms with van der Waals surface area (Å²) >= 11 is 0. The molecule has 1 aliphatic heterocycles. The van der Waals surface area contributed by atoms with Gasteiger partial charge in [-0.15, -0.1) is 0 Å². The van der Waals surface area contributed by atoms with Gasteiger partial charge >= 0.3 is 0 Å². The highest BCUT2D eigenvalue weighted by Gasteiger charge is 2.12. The Morgan fingerprint density at radius 2 is 1.95 bits per heavy atom. The van der Waals surface area contributed by atoms with Gasteiger partial charge in [0.1, 0.15) is 13.2 Å². The average molecular weight is 284 g/mol. The van der Waals surface area contributed by atoms with Gasteiger partial charge in [0.15, 0.2) is 11.5 Å². The number of fused-ring (bicyclic) bond motifs is 1.